The second-order valence-electron chi connectivity index (χ2n) is 6.89. The fourth-order valence-corrected chi connectivity index (χ4v) is 3.52. The summed E-state index contributed by atoms with van der Waals surface area (Å²) in [6.45, 7) is 6.24. The van der Waals surface area contributed by atoms with Gasteiger partial charge in [0.05, 0.1) is 11.4 Å². The Morgan fingerprint density at radius 1 is 1.28 bits per heavy atom. The highest BCUT2D eigenvalue weighted by Gasteiger charge is 2.32. The molecule has 1 aliphatic heterocycles. The lowest BCUT2D eigenvalue weighted by molar-refractivity contribution is 0.487. The topological polar surface area (TPSA) is 98.6 Å². The molecule has 4 heterocycles. The van der Waals surface area contributed by atoms with Crippen LogP contribution >= 0.6 is 0 Å². The van der Waals surface area contributed by atoms with Crippen LogP contribution in [0.5, 0.6) is 0 Å². The third-order valence-electron chi connectivity index (χ3n) is 4.53. The summed E-state index contributed by atoms with van der Waals surface area (Å²) in [5.74, 6) is 2.89. The number of anilines is 2. The predicted octanol–water partition coefficient (Wildman–Crippen LogP) is 2.20. The van der Waals surface area contributed by atoms with Gasteiger partial charge in [-0.1, -0.05) is 13.8 Å². The van der Waals surface area contributed by atoms with Gasteiger partial charge in [0.2, 0.25) is 0 Å². The standard InChI is InChI=1S/C17H22N8/c1-11(2)8-24-10-21-23-17(24)13-4-3-7-25(13)16-12-5-6-14(18)22-15(12)19-9-20-16/h5-6,9-11,13H,3-4,7-8H2,1-2H3,(H2,18,19,20,22). The van der Waals surface area contributed by atoms with Gasteiger partial charge in [-0.15, -0.1) is 10.2 Å². The molecule has 0 spiro atoms. The van der Waals surface area contributed by atoms with E-state index in [4.69, 9.17) is 5.73 Å². The highest BCUT2D eigenvalue weighted by Crippen LogP contribution is 2.37. The van der Waals surface area contributed by atoms with Gasteiger partial charge in [-0.2, -0.15) is 0 Å². The van der Waals surface area contributed by atoms with Crippen molar-refractivity contribution in [2.45, 2.75) is 39.3 Å². The quantitative estimate of drug-likeness (QED) is 0.778. The summed E-state index contributed by atoms with van der Waals surface area (Å²) in [6.07, 6.45) is 5.50. The van der Waals surface area contributed by atoms with E-state index in [1.807, 2.05) is 12.4 Å². The predicted molar refractivity (Wildman–Crippen MR) is 95.9 cm³/mol. The Kier molecular flexibility index (Phi) is 3.95. The van der Waals surface area contributed by atoms with Crippen molar-refractivity contribution >= 4 is 22.7 Å². The number of hydrogen-bond acceptors (Lipinski definition) is 7. The SMILES string of the molecule is CC(C)Cn1cnnc1C1CCCN1c1ncnc2nc(N)ccc12. The lowest BCUT2D eigenvalue weighted by atomic mass is 10.1. The van der Waals surface area contributed by atoms with Crippen molar-refractivity contribution in [1.82, 2.24) is 29.7 Å². The van der Waals surface area contributed by atoms with Gasteiger partial charge in [0, 0.05) is 13.1 Å². The van der Waals surface area contributed by atoms with E-state index in [0.717, 1.165) is 43.0 Å². The first-order valence-corrected chi connectivity index (χ1v) is 8.65. The maximum atomic E-state index is 5.79. The zero-order valence-electron chi connectivity index (χ0n) is 14.5. The zero-order valence-corrected chi connectivity index (χ0v) is 14.5. The molecule has 3 aromatic rings. The lowest BCUT2D eigenvalue weighted by Gasteiger charge is -2.26. The molecule has 0 saturated carbocycles. The summed E-state index contributed by atoms with van der Waals surface area (Å²) < 4.78 is 2.16. The minimum Gasteiger partial charge on any atom is -0.384 e. The third kappa shape index (κ3) is 2.88. The Hall–Kier alpha value is -2.77. The molecule has 1 saturated heterocycles. The molecule has 0 aliphatic carbocycles. The molecule has 8 nitrogen and oxygen atoms in total. The van der Waals surface area contributed by atoms with Crippen LogP contribution in [0.2, 0.25) is 0 Å². The maximum absolute atomic E-state index is 5.79. The Morgan fingerprint density at radius 2 is 2.16 bits per heavy atom. The summed E-state index contributed by atoms with van der Waals surface area (Å²) in [6, 6.07) is 3.90. The van der Waals surface area contributed by atoms with Crippen LogP contribution in [0.4, 0.5) is 11.6 Å². The number of aromatic nitrogens is 6. The molecule has 25 heavy (non-hydrogen) atoms. The second-order valence-corrected chi connectivity index (χ2v) is 6.89. The van der Waals surface area contributed by atoms with Gasteiger partial charge in [-0.25, -0.2) is 15.0 Å². The third-order valence-corrected chi connectivity index (χ3v) is 4.53. The number of rotatable bonds is 4. The largest absolute Gasteiger partial charge is 0.384 e. The van der Waals surface area contributed by atoms with Gasteiger partial charge < -0.3 is 15.2 Å². The molecule has 4 rings (SSSR count). The van der Waals surface area contributed by atoms with Crippen LogP contribution in [0.25, 0.3) is 11.0 Å². The van der Waals surface area contributed by atoms with Crippen LogP contribution in [0.15, 0.2) is 24.8 Å². The molecule has 1 fully saturated rings. The van der Waals surface area contributed by atoms with Crippen molar-refractivity contribution in [2.75, 3.05) is 17.2 Å². The Labute approximate surface area is 146 Å². The highest BCUT2D eigenvalue weighted by atomic mass is 15.3. The van der Waals surface area contributed by atoms with Crippen LogP contribution in [0.3, 0.4) is 0 Å². The van der Waals surface area contributed by atoms with Gasteiger partial charge >= 0.3 is 0 Å². The van der Waals surface area contributed by atoms with E-state index >= 15 is 0 Å². The molecular weight excluding hydrogens is 316 g/mol. The van der Waals surface area contributed by atoms with Crippen LogP contribution in [-0.2, 0) is 6.54 Å². The minimum absolute atomic E-state index is 0.164. The van der Waals surface area contributed by atoms with E-state index in [0.29, 0.717) is 17.4 Å². The first-order chi connectivity index (χ1) is 12.1. The monoisotopic (exact) mass is 338 g/mol. The molecule has 8 heteroatoms. The second kappa shape index (κ2) is 6.27. The molecule has 1 atom stereocenters. The highest BCUT2D eigenvalue weighted by molar-refractivity contribution is 5.87. The first-order valence-electron chi connectivity index (χ1n) is 8.65. The summed E-state index contributed by atoms with van der Waals surface area (Å²) in [5.41, 5.74) is 6.42. The van der Waals surface area contributed by atoms with Crippen molar-refractivity contribution in [1.29, 1.82) is 0 Å². The number of nitrogens with two attached hydrogens (primary N) is 1. The molecule has 0 radical (unpaired) electrons. The number of hydrogen-bond donors (Lipinski definition) is 1. The average molecular weight is 338 g/mol. The van der Waals surface area contributed by atoms with E-state index < -0.39 is 0 Å². The molecular formula is C17H22N8. The van der Waals surface area contributed by atoms with Crippen LogP contribution in [-0.4, -0.2) is 36.3 Å². The minimum atomic E-state index is 0.164. The maximum Gasteiger partial charge on any atom is 0.166 e. The van der Waals surface area contributed by atoms with Gasteiger partial charge in [0.15, 0.2) is 11.5 Å². The fourth-order valence-electron chi connectivity index (χ4n) is 3.52. The molecule has 1 aliphatic rings. The van der Waals surface area contributed by atoms with E-state index in [2.05, 4.69) is 48.5 Å². The molecule has 2 N–H and O–H groups in total. The van der Waals surface area contributed by atoms with E-state index in [1.165, 1.54) is 0 Å². The van der Waals surface area contributed by atoms with Crippen LogP contribution in [0, 0.1) is 5.92 Å². The molecule has 0 amide bonds. The number of pyridine rings is 1. The Bertz CT molecular complexity index is 887. The summed E-state index contributed by atoms with van der Waals surface area (Å²) in [4.78, 5) is 15.4. The zero-order chi connectivity index (χ0) is 17.4. The molecule has 3 aromatic heterocycles. The van der Waals surface area contributed by atoms with Gasteiger partial charge in [0.1, 0.15) is 24.3 Å². The number of fused-ring (bicyclic) bond motifs is 1. The summed E-state index contributed by atoms with van der Waals surface area (Å²) in [7, 11) is 0. The summed E-state index contributed by atoms with van der Waals surface area (Å²) >= 11 is 0. The van der Waals surface area contributed by atoms with Gasteiger partial charge in [0.25, 0.3) is 0 Å². The Balaban J connectivity index is 1.75. The first kappa shape index (κ1) is 15.7. The Morgan fingerprint density at radius 3 is 3.00 bits per heavy atom. The van der Waals surface area contributed by atoms with Crippen molar-refractivity contribution < 1.29 is 0 Å². The molecule has 1 unspecified atom stereocenters. The van der Waals surface area contributed by atoms with Crippen LogP contribution < -0.4 is 10.6 Å². The van der Waals surface area contributed by atoms with Crippen molar-refractivity contribution in [2.24, 2.45) is 5.92 Å². The molecule has 0 aromatic carbocycles. The van der Waals surface area contributed by atoms with Crippen molar-refractivity contribution in [3.8, 4) is 0 Å². The van der Waals surface area contributed by atoms with E-state index in [9.17, 15) is 0 Å². The summed E-state index contributed by atoms with van der Waals surface area (Å²) in [5, 5.41) is 9.48. The van der Waals surface area contributed by atoms with E-state index in [-0.39, 0.29) is 6.04 Å². The number of nitrogen functional groups attached to an aromatic ring is 1. The molecule has 130 valence electrons. The van der Waals surface area contributed by atoms with Crippen LogP contribution in [0.1, 0.15) is 38.6 Å². The smallest absolute Gasteiger partial charge is 0.166 e. The fraction of sp³-hybridized carbons (Fsp3) is 0.471. The van der Waals surface area contributed by atoms with E-state index in [1.54, 1.807) is 12.4 Å². The number of nitrogens with zero attached hydrogens (tertiary/aromatic N) is 7. The van der Waals surface area contributed by atoms with Gasteiger partial charge in [-0.05, 0) is 30.9 Å². The molecule has 0 bridgehead atoms. The normalized spacial score (nSPS) is 17.7. The van der Waals surface area contributed by atoms with Gasteiger partial charge in [-0.3, -0.25) is 0 Å². The lowest BCUT2D eigenvalue weighted by Crippen LogP contribution is -2.27. The average Bonchev–Trinajstić information content (AvgIpc) is 3.22. The van der Waals surface area contributed by atoms with Crippen molar-refractivity contribution in [3.05, 3.63) is 30.6 Å². The van der Waals surface area contributed by atoms with Crippen molar-refractivity contribution in [3.63, 3.8) is 0 Å².